The monoisotopic (exact) mass is 558 g/mol. The van der Waals surface area contributed by atoms with E-state index in [0.717, 1.165) is 33.1 Å². The van der Waals surface area contributed by atoms with Crippen LogP contribution in [0.1, 0.15) is 23.6 Å². The first-order chi connectivity index (χ1) is 16.9. The molecule has 0 radical (unpaired) electrons. The Morgan fingerprint density at radius 2 is 1.91 bits per heavy atom. The molecule has 2 aliphatic rings. The van der Waals surface area contributed by atoms with Crippen molar-refractivity contribution in [3.8, 4) is 5.75 Å². The van der Waals surface area contributed by atoms with Crippen molar-refractivity contribution in [2.24, 2.45) is 0 Å². The van der Waals surface area contributed by atoms with Crippen molar-refractivity contribution in [1.29, 1.82) is 0 Å². The average molecular weight is 559 g/mol. The van der Waals surface area contributed by atoms with E-state index in [9.17, 15) is 19.2 Å². The number of carbonyl (C=O) groups excluding carboxylic acids is 4. The standard InChI is InChI=1S/C25H23BrN2O6S/c1-2-33-23(30)15-34-20-8-7-19(26)11-18(20)12-21-24(31)28(25(32)35-21)14-22(29)27-10-9-16-5-3-4-6-17(16)13-27/h3-8,11-12H,2,9-10,13-15H2,1H3/b21-12+. The second-order valence-electron chi connectivity index (χ2n) is 7.88. The van der Waals surface area contributed by atoms with E-state index in [1.165, 1.54) is 11.6 Å². The fourth-order valence-corrected chi connectivity index (χ4v) is 5.03. The Morgan fingerprint density at radius 1 is 1.14 bits per heavy atom. The molecule has 1 saturated heterocycles. The molecule has 0 bridgehead atoms. The minimum Gasteiger partial charge on any atom is -0.481 e. The molecule has 0 N–H and O–H groups in total. The summed E-state index contributed by atoms with van der Waals surface area (Å²) in [5, 5.41) is -0.504. The predicted molar refractivity (Wildman–Crippen MR) is 135 cm³/mol. The Labute approximate surface area is 215 Å². The van der Waals surface area contributed by atoms with Crippen molar-refractivity contribution in [1.82, 2.24) is 9.80 Å². The van der Waals surface area contributed by atoms with E-state index in [4.69, 9.17) is 9.47 Å². The molecule has 0 unspecified atom stereocenters. The van der Waals surface area contributed by atoms with Gasteiger partial charge in [0.2, 0.25) is 5.91 Å². The molecule has 2 heterocycles. The average Bonchev–Trinajstić information content (AvgIpc) is 3.10. The number of thioether (sulfide) groups is 1. The highest BCUT2D eigenvalue weighted by molar-refractivity contribution is 9.10. The Morgan fingerprint density at radius 3 is 2.69 bits per heavy atom. The predicted octanol–water partition coefficient (Wildman–Crippen LogP) is 4.01. The minimum absolute atomic E-state index is 0.172. The Hall–Kier alpha value is -3.11. The number of amides is 3. The number of ether oxygens (including phenoxy) is 2. The molecule has 2 aromatic rings. The van der Waals surface area contributed by atoms with Crippen LogP contribution in [0.4, 0.5) is 4.79 Å². The molecule has 4 rings (SSSR count). The van der Waals surface area contributed by atoms with Crippen molar-refractivity contribution in [2.45, 2.75) is 19.9 Å². The van der Waals surface area contributed by atoms with E-state index in [-0.39, 0.29) is 30.6 Å². The number of benzene rings is 2. The third kappa shape index (κ3) is 5.94. The summed E-state index contributed by atoms with van der Waals surface area (Å²) in [5.41, 5.74) is 2.79. The normalized spacial score (nSPS) is 16.5. The van der Waals surface area contributed by atoms with Crippen LogP contribution in [0.2, 0.25) is 0 Å². The lowest BCUT2D eigenvalue weighted by atomic mass is 10.00. The van der Waals surface area contributed by atoms with Gasteiger partial charge >= 0.3 is 5.97 Å². The zero-order chi connectivity index (χ0) is 24.9. The van der Waals surface area contributed by atoms with Gasteiger partial charge in [0.25, 0.3) is 11.1 Å². The van der Waals surface area contributed by atoms with Gasteiger partial charge in [0.1, 0.15) is 12.3 Å². The summed E-state index contributed by atoms with van der Waals surface area (Å²) in [6.07, 6.45) is 2.26. The fraction of sp³-hybridized carbons (Fsp3) is 0.280. The molecule has 0 aliphatic carbocycles. The van der Waals surface area contributed by atoms with Gasteiger partial charge in [0.15, 0.2) is 6.61 Å². The van der Waals surface area contributed by atoms with Crippen LogP contribution in [0.3, 0.4) is 0 Å². The maximum absolute atomic E-state index is 13.0. The molecule has 182 valence electrons. The molecule has 2 aromatic carbocycles. The van der Waals surface area contributed by atoms with Crippen LogP contribution in [-0.2, 0) is 32.1 Å². The number of hydrogen-bond acceptors (Lipinski definition) is 7. The minimum atomic E-state index is -0.540. The van der Waals surface area contributed by atoms with Crippen LogP contribution in [0.15, 0.2) is 51.8 Å². The summed E-state index contributed by atoms with van der Waals surface area (Å²) in [6.45, 7) is 2.35. The van der Waals surface area contributed by atoms with Crippen LogP contribution < -0.4 is 4.74 Å². The van der Waals surface area contributed by atoms with Gasteiger partial charge in [0, 0.05) is 23.1 Å². The van der Waals surface area contributed by atoms with Crippen LogP contribution in [0.25, 0.3) is 6.08 Å². The van der Waals surface area contributed by atoms with Crippen LogP contribution in [0, 0.1) is 0 Å². The zero-order valence-corrected chi connectivity index (χ0v) is 21.4. The lowest BCUT2D eigenvalue weighted by molar-refractivity contribution is -0.145. The highest BCUT2D eigenvalue weighted by Crippen LogP contribution is 2.35. The number of carbonyl (C=O) groups is 4. The number of hydrogen-bond donors (Lipinski definition) is 0. The van der Waals surface area contributed by atoms with E-state index in [0.29, 0.717) is 24.4 Å². The first-order valence-corrected chi connectivity index (χ1v) is 12.6. The second kappa shape index (κ2) is 11.1. The smallest absolute Gasteiger partial charge is 0.344 e. The molecular weight excluding hydrogens is 536 g/mol. The molecule has 10 heteroatoms. The quantitative estimate of drug-likeness (QED) is 0.374. The van der Waals surface area contributed by atoms with Gasteiger partial charge in [0.05, 0.1) is 11.5 Å². The molecule has 35 heavy (non-hydrogen) atoms. The molecule has 8 nitrogen and oxygen atoms in total. The van der Waals surface area contributed by atoms with Gasteiger partial charge in [-0.2, -0.15) is 0 Å². The number of rotatable bonds is 7. The number of esters is 1. The van der Waals surface area contributed by atoms with Gasteiger partial charge in [-0.3, -0.25) is 19.3 Å². The van der Waals surface area contributed by atoms with Crippen LogP contribution >= 0.6 is 27.7 Å². The zero-order valence-electron chi connectivity index (χ0n) is 19.0. The van der Waals surface area contributed by atoms with E-state index in [1.54, 1.807) is 30.0 Å². The van der Waals surface area contributed by atoms with Gasteiger partial charge in [-0.25, -0.2) is 4.79 Å². The van der Waals surface area contributed by atoms with Gasteiger partial charge in [-0.1, -0.05) is 40.2 Å². The van der Waals surface area contributed by atoms with Crippen molar-refractivity contribution in [3.05, 3.63) is 68.5 Å². The summed E-state index contributed by atoms with van der Waals surface area (Å²) in [4.78, 5) is 53.0. The van der Waals surface area contributed by atoms with Crippen molar-refractivity contribution in [2.75, 3.05) is 26.3 Å². The van der Waals surface area contributed by atoms with Crippen molar-refractivity contribution < 1.29 is 28.7 Å². The van der Waals surface area contributed by atoms with E-state index in [2.05, 4.69) is 15.9 Å². The first-order valence-electron chi connectivity index (χ1n) is 11.0. The van der Waals surface area contributed by atoms with Gasteiger partial charge in [-0.15, -0.1) is 0 Å². The first kappa shape index (κ1) is 25.0. The molecule has 3 amide bonds. The lowest BCUT2D eigenvalue weighted by Crippen LogP contribution is -2.44. The molecule has 0 saturated carbocycles. The SMILES string of the molecule is CCOC(=O)COc1ccc(Br)cc1/C=C1/SC(=O)N(CC(=O)N2CCc3ccccc3C2)C1=O. The maximum atomic E-state index is 13.0. The highest BCUT2D eigenvalue weighted by atomic mass is 79.9. The molecule has 0 atom stereocenters. The Kier molecular flexibility index (Phi) is 7.92. The van der Waals surface area contributed by atoms with Gasteiger partial charge in [-0.05, 0) is 60.5 Å². The molecule has 0 aromatic heterocycles. The summed E-state index contributed by atoms with van der Waals surface area (Å²) >= 11 is 4.15. The van der Waals surface area contributed by atoms with E-state index < -0.39 is 17.1 Å². The summed E-state index contributed by atoms with van der Waals surface area (Å²) in [5.74, 6) is -0.970. The van der Waals surface area contributed by atoms with Crippen molar-refractivity contribution in [3.63, 3.8) is 0 Å². The summed E-state index contributed by atoms with van der Waals surface area (Å²) in [6, 6.07) is 13.0. The molecule has 2 aliphatic heterocycles. The number of imide groups is 1. The lowest BCUT2D eigenvalue weighted by Gasteiger charge is -2.29. The van der Waals surface area contributed by atoms with E-state index in [1.807, 2.05) is 24.3 Å². The van der Waals surface area contributed by atoms with Crippen molar-refractivity contribution >= 4 is 56.8 Å². The summed E-state index contributed by atoms with van der Waals surface area (Å²) in [7, 11) is 0. The maximum Gasteiger partial charge on any atom is 0.344 e. The fourth-order valence-electron chi connectivity index (χ4n) is 3.82. The van der Waals surface area contributed by atoms with Crippen LogP contribution in [0.5, 0.6) is 5.75 Å². The number of fused-ring (bicyclic) bond motifs is 1. The third-order valence-electron chi connectivity index (χ3n) is 5.56. The molecular formula is C25H23BrN2O6S. The van der Waals surface area contributed by atoms with Gasteiger partial charge < -0.3 is 14.4 Å². The largest absolute Gasteiger partial charge is 0.481 e. The summed E-state index contributed by atoms with van der Waals surface area (Å²) < 4.78 is 11.2. The number of halogens is 1. The Balaban J connectivity index is 1.46. The molecule has 1 fully saturated rings. The molecule has 0 spiro atoms. The number of nitrogens with zero attached hydrogens (tertiary/aromatic N) is 2. The topological polar surface area (TPSA) is 93.2 Å². The third-order valence-corrected chi connectivity index (χ3v) is 6.96. The van der Waals surface area contributed by atoms with Crippen LogP contribution in [-0.4, -0.2) is 59.1 Å². The van der Waals surface area contributed by atoms with E-state index >= 15 is 0 Å². The Bertz CT molecular complexity index is 1210. The highest BCUT2D eigenvalue weighted by Gasteiger charge is 2.37. The second-order valence-corrected chi connectivity index (χ2v) is 9.79.